The number of nitrogens with zero attached hydrogens (tertiary/aromatic N) is 2. The summed E-state index contributed by atoms with van der Waals surface area (Å²) in [5.74, 6) is -0.0566. The number of carbonyl (C=O) groups is 1. The summed E-state index contributed by atoms with van der Waals surface area (Å²) < 4.78 is 0. The van der Waals surface area contributed by atoms with Crippen molar-refractivity contribution in [3.63, 3.8) is 0 Å². The smallest absolute Gasteiger partial charge is 0.309 e. The molecule has 304 valence electrons. The number of hydrogen-bond acceptors (Lipinski definition) is 7. The zero-order chi connectivity index (χ0) is 39.3. The van der Waals surface area contributed by atoms with E-state index in [9.17, 15) is 25.2 Å². The molecule has 0 amide bonds. The highest BCUT2D eigenvalue weighted by molar-refractivity contribution is 5.70. The van der Waals surface area contributed by atoms with Crippen LogP contribution in [0.25, 0.3) is 0 Å². The van der Waals surface area contributed by atoms with E-state index in [1.807, 2.05) is 25.4 Å². The van der Waals surface area contributed by atoms with Crippen molar-refractivity contribution >= 4 is 11.8 Å². The molecule has 2 aromatic rings. The Morgan fingerprint density at radius 2 is 1.83 bits per heavy atom. The maximum atomic E-state index is 12.8. The second-order valence-electron chi connectivity index (χ2n) is 17.7. The molecule has 2 aromatic heterocycles. The lowest BCUT2D eigenvalue weighted by Gasteiger charge is -2.40. The second-order valence-corrected chi connectivity index (χ2v) is 17.7. The van der Waals surface area contributed by atoms with Crippen LogP contribution in [0, 0.1) is 41.4 Å². The van der Waals surface area contributed by atoms with Crippen LogP contribution in [0.3, 0.4) is 0 Å². The fraction of sp³-hybridized carbons (Fsp3) is 0.733. The number of aromatic nitrogens is 2. The summed E-state index contributed by atoms with van der Waals surface area (Å²) in [6.45, 7) is 9.39. The summed E-state index contributed by atoms with van der Waals surface area (Å²) >= 11 is 0. The standard InChI is InChI=1S/C45H73N4O5/c1-6-7-9-12-32-15-16-35(41(50)22-32)13-10-8-11-14-40(44(52)53)42(51)26-38(29-47-5)45(54)27-34(20-33-17-18-48-43(46)23-33)21-37(45)25-39-24-36(28-49-39)31(4)19-30(2)3/h15-18,23-24,28,30-32,34-35,37-38,40-42,47,50-51,54H,6-14,19-22,25-27,29H2,1-5H3,(H2,46,48)(H,52,53)/q-1. The van der Waals surface area contributed by atoms with Gasteiger partial charge in [-0.2, -0.15) is 11.9 Å². The Morgan fingerprint density at radius 1 is 1.06 bits per heavy atom. The molecular weight excluding hydrogens is 677 g/mol. The number of unbranched alkanes of at least 4 members (excludes halogenated alkanes) is 4. The number of aliphatic hydroxyl groups is 3. The monoisotopic (exact) mass is 750 g/mol. The van der Waals surface area contributed by atoms with E-state index >= 15 is 0 Å². The highest BCUT2D eigenvalue weighted by Crippen LogP contribution is 2.48. The summed E-state index contributed by atoms with van der Waals surface area (Å²) in [6.07, 6.45) is 20.2. The van der Waals surface area contributed by atoms with Crippen LogP contribution in [-0.4, -0.2) is 62.8 Å². The maximum absolute atomic E-state index is 12.8. The van der Waals surface area contributed by atoms with E-state index in [0.29, 0.717) is 55.8 Å². The number of pyridine rings is 1. The third-order valence-corrected chi connectivity index (χ3v) is 12.7. The molecule has 2 aliphatic carbocycles. The predicted octanol–water partition coefficient (Wildman–Crippen LogP) is 7.68. The topological polar surface area (TPSA) is 163 Å². The minimum Gasteiger partial charge on any atom is -0.667 e. The fourth-order valence-electron chi connectivity index (χ4n) is 9.81. The molecule has 1 fully saturated rings. The molecule has 0 radical (unpaired) electrons. The molecule has 4 rings (SSSR count). The molecule has 0 aromatic carbocycles. The van der Waals surface area contributed by atoms with Gasteiger partial charge in [0, 0.05) is 24.6 Å². The largest absolute Gasteiger partial charge is 0.667 e. The molecule has 0 spiro atoms. The molecule has 9 heteroatoms. The number of aliphatic carboxylic acids is 1. The second kappa shape index (κ2) is 21.5. The molecule has 0 saturated heterocycles. The number of aliphatic hydroxyl groups excluding tert-OH is 2. The average molecular weight is 750 g/mol. The number of carboxylic acids is 1. The number of nitrogens with two attached hydrogens (primary N) is 1. The zero-order valence-corrected chi connectivity index (χ0v) is 34.0. The van der Waals surface area contributed by atoms with Gasteiger partial charge in [0.25, 0.3) is 0 Å². The van der Waals surface area contributed by atoms with Crippen LogP contribution >= 0.6 is 0 Å². The van der Waals surface area contributed by atoms with Gasteiger partial charge in [0.2, 0.25) is 0 Å². The number of carboxylic acid groups (broad SMARTS) is 1. The van der Waals surface area contributed by atoms with Crippen LogP contribution in [0.15, 0.2) is 42.7 Å². The van der Waals surface area contributed by atoms with Gasteiger partial charge < -0.3 is 36.5 Å². The first-order valence-electron chi connectivity index (χ1n) is 21.3. The van der Waals surface area contributed by atoms with Gasteiger partial charge in [-0.15, -0.1) is 0 Å². The van der Waals surface area contributed by atoms with Gasteiger partial charge >= 0.3 is 5.97 Å². The van der Waals surface area contributed by atoms with E-state index in [1.54, 1.807) is 6.20 Å². The van der Waals surface area contributed by atoms with Gasteiger partial charge in [-0.05, 0) is 119 Å². The Kier molecular flexibility index (Phi) is 17.6. The maximum Gasteiger partial charge on any atom is 0.309 e. The van der Waals surface area contributed by atoms with E-state index < -0.39 is 23.6 Å². The van der Waals surface area contributed by atoms with E-state index in [4.69, 9.17) is 10.7 Å². The van der Waals surface area contributed by atoms with Crippen LogP contribution in [0.1, 0.15) is 140 Å². The van der Waals surface area contributed by atoms with Gasteiger partial charge in [0.05, 0.1) is 23.7 Å². The predicted molar refractivity (Wildman–Crippen MR) is 218 cm³/mol. The Balaban J connectivity index is 1.40. The lowest BCUT2D eigenvalue weighted by molar-refractivity contribution is -0.148. The number of hydrogen-bond donors (Lipinski definition) is 6. The van der Waals surface area contributed by atoms with Crippen LogP contribution in [-0.2, 0) is 17.6 Å². The van der Waals surface area contributed by atoms with Crippen molar-refractivity contribution < 1.29 is 25.2 Å². The van der Waals surface area contributed by atoms with Gasteiger partial charge in [-0.3, -0.25) is 4.79 Å². The third-order valence-electron chi connectivity index (χ3n) is 12.7. The highest BCUT2D eigenvalue weighted by Gasteiger charge is 2.51. The number of nitrogen functional groups attached to an aromatic ring is 1. The summed E-state index contributed by atoms with van der Waals surface area (Å²) in [5.41, 5.74) is 8.19. The lowest BCUT2D eigenvalue weighted by Crippen LogP contribution is -2.48. The fourth-order valence-corrected chi connectivity index (χ4v) is 9.81. The van der Waals surface area contributed by atoms with Gasteiger partial charge in [-0.25, -0.2) is 4.98 Å². The minimum absolute atomic E-state index is 0.102. The molecule has 0 bridgehead atoms. The van der Waals surface area contributed by atoms with Crippen molar-refractivity contribution in [3.8, 4) is 0 Å². The highest BCUT2D eigenvalue weighted by atomic mass is 16.4. The molecule has 2 heterocycles. The van der Waals surface area contributed by atoms with Gasteiger partial charge in [-0.1, -0.05) is 90.0 Å². The van der Waals surface area contributed by atoms with Crippen LogP contribution in [0.4, 0.5) is 5.82 Å². The van der Waals surface area contributed by atoms with E-state index in [-0.39, 0.29) is 36.2 Å². The molecule has 10 atom stereocenters. The van der Waals surface area contributed by atoms with Crippen LogP contribution in [0.5, 0.6) is 0 Å². The first-order chi connectivity index (χ1) is 25.8. The number of allylic oxidation sites excluding steroid dienone is 1. The molecule has 54 heavy (non-hydrogen) atoms. The molecular formula is C45H73N4O5-. The van der Waals surface area contributed by atoms with Crippen molar-refractivity contribution in [3.05, 3.63) is 59.6 Å². The Bertz CT molecular complexity index is 1430. The Hall–Kier alpha value is -2.72. The first kappa shape index (κ1) is 44.0. The van der Waals surface area contributed by atoms with Crippen molar-refractivity contribution in [1.82, 2.24) is 15.3 Å². The molecule has 1 saturated carbocycles. The Labute approximate surface area is 326 Å². The van der Waals surface area contributed by atoms with Gasteiger partial charge in [0.15, 0.2) is 0 Å². The van der Waals surface area contributed by atoms with Crippen molar-refractivity contribution in [2.45, 2.75) is 154 Å². The van der Waals surface area contributed by atoms with Crippen molar-refractivity contribution in [1.29, 1.82) is 0 Å². The van der Waals surface area contributed by atoms with E-state index in [0.717, 1.165) is 62.6 Å². The average Bonchev–Trinajstić information content (AvgIpc) is 3.71. The normalized spacial score (nSPS) is 26.6. The molecule has 0 aliphatic heterocycles. The number of nitrogens with one attached hydrogen (secondary N) is 1. The first-order valence-corrected chi connectivity index (χ1v) is 21.3. The zero-order valence-electron chi connectivity index (χ0n) is 34.0. The molecule has 7 N–H and O–H groups in total. The molecule has 2 aliphatic rings. The minimum atomic E-state index is -1.12. The van der Waals surface area contributed by atoms with Gasteiger partial charge in [0.1, 0.15) is 5.82 Å². The third kappa shape index (κ3) is 12.9. The Morgan fingerprint density at radius 3 is 2.52 bits per heavy atom. The SMILES string of the molecule is CCCCCC1C=CC(CCCCCC(C(=O)O)C(O)CC(CNC)C2(O)CC(Cc3ccnc(N)c3)CC2Cc2cc(C(C)CC(C)C)c[n-]2)C(O)C1. The summed E-state index contributed by atoms with van der Waals surface area (Å²) in [5, 5.41) is 48.7. The quantitative estimate of drug-likeness (QED) is 0.0467. The molecule has 10 unspecified atom stereocenters. The van der Waals surface area contributed by atoms with Crippen LogP contribution < -0.4 is 16.0 Å². The summed E-state index contributed by atoms with van der Waals surface area (Å²) in [7, 11) is 1.85. The number of anilines is 1. The summed E-state index contributed by atoms with van der Waals surface area (Å²) in [4.78, 5) is 21.5. The number of rotatable bonds is 24. The lowest BCUT2D eigenvalue weighted by atomic mass is 9.73. The van der Waals surface area contributed by atoms with E-state index in [2.05, 4.69) is 56.2 Å². The summed E-state index contributed by atoms with van der Waals surface area (Å²) in [6, 6.07) is 6.08. The van der Waals surface area contributed by atoms with Crippen molar-refractivity contribution in [2.75, 3.05) is 19.3 Å². The molecule has 9 nitrogen and oxygen atoms in total. The van der Waals surface area contributed by atoms with Crippen LogP contribution in [0.2, 0.25) is 0 Å². The van der Waals surface area contributed by atoms with E-state index in [1.165, 1.54) is 24.8 Å². The van der Waals surface area contributed by atoms with Crippen molar-refractivity contribution in [2.24, 2.45) is 41.4 Å².